The Morgan fingerprint density at radius 1 is 1.24 bits per heavy atom. The van der Waals surface area contributed by atoms with Crippen molar-refractivity contribution in [3.63, 3.8) is 0 Å². The highest BCUT2D eigenvalue weighted by Crippen LogP contribution is 2.22. The van der Waals surface area contributed by atoms with Crippen molar-refractivity contribution >= 4 is 39.2 Å². The molecule has 0 unspecified atom stereocenters. The summed E-state index contributed by atoms with van der Waals surface area (Å²) in [6, 6.07) is 13.5. The van der Waals surface area contributed by atoms with E-state index >= 15 is 0 Å². The molecule has 0 radical (unpaired) electrons. The van der Waals surface area contributed by atoms with Gasteiger partial charge in [-0.15, -0.1) is 11.3 Å². The average molecular weight is 426 g/mol. The zero-order chi connectivity index (χ0) is 20.2. The van der Waals surface area contributed by atoms with Crippen LogP contribution in [-0.2, 0) is 17.9 Å². The number of aromatic nitrogens is 2. The topological polar surface area (TPSA) is 77.1 Å². The number of carbonyl (C=O) groups excluding carboxylic acids is 1. The second kappa shape index (κ2) is 8.67. The van der Waals surface area contributed by atoms with Crippen molar-refractivity contribution in [3.8, 4) is 0 Å². The number of furan rings is 1. The lowest BCUT2D eigenvalue weighted by Gasteiger charge is -2.12. The zero-order valence-electron chi connectivity index (χ0n) is 15.8. The maximum Gasteiger partial charge on any atom is 0.272 e. The van der Waals surface area contributed by atoms with Crippen LogP contribution in [-0.4, -0.2) is 21.2 Å². The molecule has 0 atom stereocenters. The molecule has 0 aliphatic carbocycles. The van der Waals surface area contributed by atoms with Gasteiger partial charge in [0.05, 0.1) is 30.6 Å². The smallest absolute Gasteiger partial charge is 0.272 e. The molecule has 3 aromatic heterocycles. The van der Waals surface area contributed by atoms with Gasteiger partial charge in [-0.2, -0.15) is 0 Å². The maximum atomic E-state index is 13.0. The number of rotatable bonds is 7. The van der Waals surface area contributed by atoms with Crippen LogP contribution in [0.1, 0.15) is 16.9 Å². The Hall–Kier alpha value is -2.84. The quantitative estimate of drug-likeness (QED) is 0.360. The molecule has 6 nitrogen and oxygen atoms in total. The highest BCUT2D eigenvalue weighted by Gasteiger charge is 2.15. The van der Waals surface area contributed by atoms with Crippen LogP contribution in [0.15, 0.2) is 68.5 Å². The van der Waals surface area contributed by atoms with Crippen molar-refractivity contribution in [2.45, 2.75) is 25.2 Å². The summed E-state index contributed by atoms with van der Waals surface area (Å²) in [7, 11) is 0. The predicted octanol–water partition coefficient (Wildman–Crippen LogP) is 3.82. The Labute approximate surface area is 175 Å². The first kappa shape index (κ1) is 19.5. The second-order valence-corrected chi connectivity index (χ2v) is 8.41. The van der Waals surface area contributed by atoms with E-state index in [4.69, 9.17) is 4.42 Å². The minimum atomic E-state index is -0.145. The Balaban J connectivity index is 1.54. The molecule has 0 fully saturated rings. The SMILES string of the molecule is Cc1ccc(Cn2c(SCC(=O)NCc3ccco3)nc3ccsc3c2=O)cc1. The summed E-state index contributed by atoms with van der Waals surface area (Å²) >= 11 is 2.65. The number of carbonyl (C=O) groups is 1. The number of aryl methyl sites for hydroxylation is 1. The fourth-order valence-corrected chi connectivity index (χ4v) is 4.44. The van der Waals surface area contributed by atoms with Crippen molar-refractivity contribution < 1.29 is 9.21 Å². The van der Waals surface area contributed by atoms with E-state index in [9.17, 15) is 9.59 Å². The summed E-state index contributed by atoms with van der Waals surface area (Å²) in [5.74, 6) is 0.710. The molecule has 0 saturated heterocycles. The van der Waals surface area contributed by atoms with Crippen molar-refractivity contribution in [2.75, 3.05) is 5.75 Å². The Morgan fingerprint density at radius 3 is 2.83 bits per heavy atom. The molecule has 0 saturated carbocycles. The minimum absolute atomic E-state index is 0.0796. The summed E-state index contributed by atoms with van der Waals surface area (Å²) in [6.07, 6.45) is 1.57. The first-order valence-corrected chi connectivity index (χ1v) is 10.9. The van der Waals surface area contributed by atoms with Gasteiger partial charge in [0.2, 0.25) is 5.91 Å². The molecular weight excluding hydrogens is 406 g/mol. The van der Waals surface area contributed by atoms with Crippen LogP contribution in [0.3, 0.4) is 0 Å². The van der Waals surface area contributed by atoms with Gasteiger partial charge in [-0.1, -0.05) is 41.6 Å². The summed E-state index contributed by atoms with van der Waals surface area (Å²) in [5, 5.41) is 5.21. The summed E-state index contributed by atoms with van der Waals surface area (Å²) in [5.41, 5.74) is 2.76. The van der Waals surface area contributed by atoms with Crippen LogP contribution in [0.25, 0.3) is 10.2 Å². The molecule has 8 heteroatoms. The number of benzene rings is 1. The monoisotopic (exact) mass is 425 g/mol. The van der Waals surface area contributed by atoms with E-state index < -0.39 is 0 Å². The van der Waals surface area contributed by atoms with E-state index in [1.165, 1.54) is 23.1 Å². The van der Waals surface area contributed by atoms with Gasteiger partial charge in [-0.05, 0) is 36.1 Å². The lowest BCUT2D eigenvalue weighted by Crippen LogP contribution is -2.26. The Morgan fingerprint density at radius 2 is 2.07 bits per heavy atom. The first-order valence-electron chi connectivity index (χ1n) is 9.05. The lowest BCUT2D eigenvalue weighted by atomic mass is 10.1. The van der Waals surface area contributed by atoms with Gasteiger partial charge in [-0.25, -0.2) is 4.98 Å². The molecule has 1 N–H and O–H groups in total. The fraction of sp³-hybridized carbons (Fsp3) is 0.190. The maximum absolute atomic E-state index is 13.0. The number of fused-ring (bicyclic) bond motifs is 1. The highest BCUT2D eigenvalue weighted by atomic mass is 32.2. The molecule has 4 aromatic rings. The van der Waals surface area contributed by atoms with Crippen molar-refractivity contribution in [1.82, 2.24) is 14.9 Å². The molecule has 148 valence electrons. The minimum Gasteiger partial charge on any atom is -0.467 e. The van der Waals surface area contributed by atoms with Crippen LogP contribution in [0.2, 0.25) is 0 Å². The predicted molar refractivity (Wildman–Crippen MR) is 115 cm³/mol. The molecule has 3 heterocycles. The van der Waals surface area contributed by atoms with E-state index in [2.05, 4.69) is 10.3 Å². The molecule has 0 aliphatic heterocycles. The van der Waals surface area contributed by atoms with E-state index in [0.29, 0.717) is 34.2 Å². The third-order valence-corrected chi connectivity index (χ3v) is 6.23. The average Bonchev–Trinajstić information content (AvgIpc) is 3.40. The number of thiophene rings is 1. The van der Waals surface area contributed by atoms with Gasteiger partial charge < -0.3 is 9.73 Å². The van der Waals surface area contributed by atoms with Gasteiger partial charge in [-0.3, -0.25) is 14.2 Å². The summed E-state index contributed by atoms with van der Waals surface area (Å²) < 4.78 is 7.49. The molecule has 29 heavy (non-hydrogen) atoms. The number of hydrogen-bond acceptors (Lipinski definition) is 6. The number of thioether (sulfide) groups is 1. The molecule has 1 aromatic carbocycles. The highest BCUT2D eigenvalue weighted by molar-refractivity contribution is 7.99. The standard InChI is InChI=1S/C21H19N3O3S2/c1-14-4-6-15(7-5-14)12-24-20(26)19-17(8-10-28-19)23-21(24)29-13-18(25)22-11-16-3-2-9-27-16/h2-10H,11-13H2,1H3,(H,22,25). The van der Waals surface area contributed by atoms with Crippen molar-refractivity contribution in [1.29, 1.82) is 0 Å². The fourth-order valence-electron chi connectivity index (χ4n) is 2.83. The number of hydrogen-bond donors (Lipinski definition) is 1. The van der Waals surface area contributed by atoms with Gasteiger partial charge in [0.1, 0.15) is 10.5 Å². The normalized spacial score (nSPS) is 11.1. The number of amides is 1. The molecule has 0 bridgehead atoms. The number of nitrogens with zero attached hydrogens (tertiary/aromatic N) is 2. The number of nitrogens with one attached hydrogen (secondary N) is 1. The zero-order valence-corrected chi connectivity index (χ0v) is 17.4. The first-order chi connectivity index (χ1) is 14.1. The largest absolute Gasteiger partial charge is 0.467 e. The van der Waals surface area contributed by atoms with Crippen molar-refractivity contribution in [3.05, 3.63) is 81.3 Å². The van der Waals surface area contributed by atoms with Crippen molar-refractivity contribution in [2.24, 2.45) is 0 Å². The third-order valence-electron chi connectivity index (χ3n) is 4.36. The van der Waals surface area contributed by atoms with Crippen LogP contribution in [0.5, 0.6) is 0 Å². The van der Waals surface area contributed by atoms with Crippen LogP contribution in [0, 0.1) is 6.92 Å². The Kier molecular flexibility index (Phi) is 5.82. The second-order valence-electron chi connectivity index (χ2n) is 6.55. The lowest BCUT2D eigenvalue weighted by molar-refractivity contribution is -0.118. The molecule has 1 amide bonds. The van der Waals surface area contributed by atoms with Crippen LogP contribution >= 0.6 is 23.1 Å². The van der Waals surface area contributed by atoms with Gasteiger partial charge in [0, 0.05) is 0 Å². The van der Waals surface area contributed by atoms with E-state index in [0.717, 1.165) is 11.1 Å². The van der Waals surface area contributed by atoms with Gasteiger partial charge in [0.25, 0.3) is 5.56 Å². The molecule has 0 spiro atoms. The van der Waals surface area contributed by atoms with Crippen LogP contribution in [0.4, 0.5) is 0 Å². The Bertz CT molecular complexity index is 1180. The summed E-state index contributed by atoms with van der Waals surface area (Å²) in [4.78, 5) is 29.9. The van der Waals surface area contributed by atoms with E-state index in [1.54, 1.807) is 23.0 Å². The summed E-state index contributed by atoms with van der Waals surface area (Å²) in [6.45, 7) is 2.77. The van der Waals surface area contributed by atoms with Gasteiger partial charge >= 0.3 is 0 Å². The third kappa shape index (κ3) is 4.60. The molecule has 0 aliphatic rings. The van der Waals surface area contributed by atoms with E-state index in [-0.39, 0.29) is 17.2 Å². The van der Waals surface area contributed by atoms with Gasteiger partial charge in [0.15, 0.2) is 5.16 Å². The molecule has 4 rings (SSSR count). The molecular formula is C21H19N3O3S2. The van der Waals surface area contributed by atoms with E-state index in [1.807, 2.05) is 42.6 Å². The van der Waals surface area contributed by atoms with Crippen LogP contribution < -0.4 is 10.9 Å².